The molecule has 5 rings (SSSR count). The van der Waals surface area contributed by atoms with Gasteiger partial charge in [0, 0.05) is 6.07 Å². The number of aromatic nitrogens is 3. The van der Waals surface area contributed by atoms with Gasteiger partial charge in [-0.1, -0.05) is 71.5 Å². The zero-order valence-corrected chi connectivity index (χ0v) is 21.5. The quantitative estimate of drug-likeness (QED) is 0.216. The van der Waals surface area contributed by atoms with Crippen LogP contribution in [-0.2, 0) is 19.6 Å². The van der Waals surface area contributed by atoms with Gasteiger partial charge in [-0.3, -0.25) is 4.79 Å². The van der Waals surface area contributed by atoms with Crippen molar-refractivity contribution in [1.82, 2.24) is 15.0 Å². The van der Waals surface area contributed by atoms with Crippen molar-refractivity contribution in [3.63, 3.8) is 0 Å². The molecule has 0 amide bonds. The van der Waals surface area contributed by atoms with Gasteiger partial charge < -0.3 is 9.47 Å². The molecule has 0 fully saturated rings. The summed E-state index contributed by atoms with van der Waals surface area (Å²) in [6, 6.07) is 21.9. The van der Waals surface area contributed by atoms with Crippen LogP contribution in [-0.4, -0.2) is 26.4 Å². The van der Waals surface area contributed by atoms with E-state index in [1.165, 1.54) is 5.56 Å². The normalized spacial score (nSPS) is 14.2. The monoisotopic (exact) mass is 493 g/mol. The Labute approximate surface area is 217 Å². The largest absolute Gasteiger partial charge is 0.487 e. The van der Waals surface area contributed by atoms with Crippen LogP contribution in [0.4, 0.5) is 0 Å². The fourth-order valence-electron chi connectivity index (χ4n) is 4.34. The molecule has 3 aromatic carbocycles. The van der Waals surface area contributed by atoms with Gasteiger partial charge in [-0.15, -0.1) is 5.10 Å². The van der Waals surface area contributed by atoms with Gasteiger partial charge in [-0.25, -0.2) is 4.68 Å². The van der Waals surface area contributed by atoms with Crippen molar-refractivity contribution >= 4 is 11.9 Å². The lowest BCUT2D eigenvalue weighted by atomic mass is 9.92. The number of hydrogen-bond donors (Lipinski definition) is 0. The van der Waals surface area contributed by atoms with Gasteiger partial charge >= 0.3 is 0 Å². The van der Waals surface area contributed by atoms with E-state index in [0.29, 0.717) is 23.6 Å². The SMILES string of the molecule is Cc1ccc(/C=C/C(=O)c2cc3c(cc2OCc2cn(Cc4ccccc4)nn2)OC(C)(C)CC3)cc1. The van der Waals surface area contributed by atoms with Crippen LogP contribution in [0.5, 0.6) is 11.5 Å². The summed E-state index contributed by atoms with van der Waals surface area (Å²) < 4.78 is 14.2. The van der Waals surface area contributed by atoms with Crippen LogP contribution in [0.2, 0.25) is 0 Å². The second-order valence-corrected chi connectivity index (χ2v) is 10.1. The average Bonchev–Trinajstić information content (AvgIpc) is 3.33. The maximum absolute atomic E-state index is 13.3. The molecule has 1 aliphatic heterocycles. The van der Waals surface area contributed by atoms with E-state index in [2.05, 4.69) is 36.3 Å². The van der Waals surface area contributed by atoms with E-state index >= 15 is 0 Å². The van der Waals surface area contributed by atoms with E-state index in [-0.39, 0.29) is 18.0 Å². The third kappa shape index (κ3) is 6.15. The molecule has 0 saturated heterocycles. The highest BCUT2D eigenvalue weighted by molar-refractivity contribution is 6.09. The van der Waals surface area contributed by atoms with Crippen LogP contribution in [0.1, 0.15) is 58.6 Å². The van der Waals surface area contributed by atoms with Crippen molar-refractivity contribution in [3.05, 3.63) is 113 Å². The van der Waals surface area contributed by atoms with E-state index in [1.54, 1.807) is 10.8 Å². The van der Waals surface area contributed by atoms with E-state index in [0.717, 1.165) is 35.3 Å². The molecule has 188 valence electrons. The number of aryl methyl sites for hydroxylation is 2. The average molecular weight is 494 g/mol. The molecule has 0 atom stereocenters. The molecule has 0 unspecified atom stereocenters. The lowest BCUT2D eigenvalue weighted by Crippen LogP contribution is -2.32. The molecule has 0 radical (unpaired) electrons. The van der Waals surface area contributed by atoms with Crippen molar-refractivity contribution in [1.29, 1.82) is 0 Å². The van der Waals surface area contributed by atoms with E-state index in [4.69, 9.17) is 9.47 Å². The highest BCUT2D eigenvalue weighted by Crippen LogP contribution is 2.38. The Bertz CT molecular complexity index is 1420. The van der Waals surface area contributed by atoms with Crippen LogP contribution >= 0.6 is 0 Å². The predicted molar refractivity (Wildman–Crippen MR) is 144 cm³/mol. The first kappa shape index (κ1) is 24.5. The summed E-state index contributed by atoms with van der Waals surface area (Å²) in [5.74, 6) is 1.13. The predicted octanol–water partition coefficient (Wildman–Crippen LogP) is 6.21. The summed E-state index contributed by atoms with van der Waals surface area (Å²) in [5, 5.41) is 8.48. The topological polar surface area (TPSA) is 66.2 Å². The molecule has 1 aliphatic rings. The maximum Gasteiger partial charge on any atom is 0.189 e. The first-order chi connectivity index (χ1) is 17.8. The van der Waals surface area contributed by atoms with Crippen molar-refractivity contribution < 1.29 is 14.3 Å². The lowest BCUT2D eigenvalue weighted by Gasteiger charge is -2.33. The van der Waals surface area contributed by atoms with Gasteiger partial charge in [-0.05, 0) is 62.4 Å². The summed E-state index contributed by atoms with van der Waals surface area (Å²) in [6.07, 6.45) is 7.03. The number of benzene rings is 3. The number of carbonyl (C=O) groups is 1. The summed E-state index contributed by atoms with van der Waals surface area (Å²) in [7, 11) is 0. The lowest BCUT2D eigenvalue weighted by molar-refractivity contribution is 0.0840. The first-order valence-electron chi connectivity index (χ1n) is 12.6. The number of rotatable bonds is 8. The Morgan fingerprint density at radius 1 is 1.11 bits per heavy atom. The Morgan fingerprint density at radius 3 is 2.68 bits per heavy atom. The summed E-state index contributed by atoms with van der Waals surface area (Å²) >= 11 is 0. The van der Waals surface area contributed by atoms with Gasteiger partial charge in [0.2, 0.25) is 0 Å². The molecule has 0 spiro atoms. The van der Waals surface area contributed by atoms with E-state index in [1.807, 2.05) is 73.8 Å². The Kier molecular flexibility index (Phi) is 6.91. The third-order valence-corrected chi connectivity index (χ3v) is 6.46. The molecular weight excluding hydrogens is 462 g/mol. The van der Waals surface area contributed by atoms with Crippen LogP contribution in [0.25, 0.3) is 6.08 Å². The molecule has 1 aromatic heterocycles. The standard InChI is InChI=1S/C31H31N3O3/c1-22-9-11-23(12-10-22)13-14-28(35)27-17-25-15-16-31(2,3)37-29(25)18-30(27)36-21-26-20-34(33-32-26)19-24-7-5-4-6-8-24/h4-14,17-18,20H,15-16,19,21H2,1-3H3/b14-13+. The number of ether oxygens (including phenoxy) is 2. The molecule has 0 N–H and O–H groups in total. The number of hydrogen-bond acceptors (Lipinski definition) is 5. The van der Waals surface area contributed by atoms with Crippen LogP contribution in [0.3, 0.4) is 0 Å². The Hall–Kier alpha value is -4.19. The van der Waals surface area contributed by atoms with E-state index in [9.17, 15) is 4.79 Å². The molecule has 4 aromatic rings. The number of allylic oxidation sites excluding steroid dienone is 1. The highest BCUT2D eigenvalue weighted by Gasteiger charge is 2.28. The summed E-state index contributed by atoms with van der Waals surface area (Å²) in [4.78, 5) is 13.3. The van der Waals surface area contributed by atoms with Crippen molar-refractivity contribution in [2.75, 3.05) is 0 Å². The molecule has 2 heterocycles. The smallest absolute Gasteiger partial charge is 0.189 e. The fraction of sp³-hybridized carbons (Fsp3) is 0.258. The second-order valence-electron chi connectivity index (χ2n) is 10.1. The van der Waals surface area contributed by atoms with Crippen LogP contribution in [0.15, 0.2) is 79.0 Å². The van der Waals surface area contributed by atoms with Crippen LogP contribution < -0.4 is 9.47 Å². The van der Waals surface area contributed by atoms with Gasteiger partial charge in [0.1, 0.15) is 29.4 Å². The molecule has 0 saturated carbocycles. The van der Waals surface area contributed by atoms with Gasteiger partial charge in [0.25, 0.3) is 0 Å². The zero-order chi connectivity index (χ0) is 25.8. The molecule has 37 heavy (non-hydrogen) atoms. The molecule has 0 aliphatic carbocycles. The second kappa shape index (κ2) is 10.4. The highest BCUT2D eigenvalue weighted by atomic mass is 16.5. The maximum atomic E-state index is 13.3. The minimum Gasteiger partial charge on any atom is -0.487 e. The summed E-state index contributed by atoms with van der Waals surface area (Å²) in [5.41, 5.74) is 5.25. The fourth-order valence-corrected chi connectivity index (χ4v) is 4.34. The molecular formula is C31H31N3O3. The van der Waals surface area contributed by atoms with Gasteiger partial charge in [0.05, 0.1) is 18.3 Å². The Morgan fingerprint density at radius 2 is 1.89 bits per heavy atom. The minimum atomic E-state index is -0.263. The molecule has 0 bridgehead atoms. The third-order valence-electron chi connectivity index (χ3n) is 6.46. The van der Waals surface area contributed by atoms with Crippen molar-refractivity contribution in [3.8, 4) is 11.5 Å². The molecule has 6 heteroatoms. The number of nitrogens with zero attached hydrogens (tertiary/aromatic N) is 3. The Balaban J connectivity index is 1.37. The summed E-state index contributed by atoms with van der Waals surface area (Å²) in [6.45, 7) is 7.01. The zero-order valence-electron chi connectivity index (χ0n) is 21.5. The number of ketones is 1. The van der Waals surface area contributed by atoms with E-state index < -0.39 is 0 Å². The van der Waals surface area contributed by atoms with Gasteiger partial charge in [-0.2, -0.15) is 0 Å². The molecule has 6 nitrogen and oxygen atoms in total. The minimum absolute atomic E-state index is 0.115. The van der Waals surface area contributed by atoms with Crippen molar-refractivity contribution in [2.24, 2.45) is 0 Å². The van der Waals surface area contributed by atoms with Crippen LogP contribution in [0, 0.1) is 6.92 Å². The van der Waals surface area contributed by atoms with Crippen molar-refractivity contribution in [2.45, 2.75) is 52.4 Å². The number of fused-ring (bicyclic) bond motifs is 1. The number of carbonyl (C=O) groups excluding carboxylic acids is 1. The van der Waals surface area contributed by atoms with Gasteiger partial charge in [0.15, 0.2) is 5.78 Å². The first-order valence-corrected chi connectivity index (χ1v) is 12.6.